The molecule has 0 radical (unpaired) electrons. The number of rotatable bonds is 10. The summed E-state index contributed by atoms with van der Waals surface area (Å²) in [5.41, 5.74) is 1.05. The van der Waals surface area contributed by atoms with Crippen LogP contribution in [0.5, 0.6) is 5.75 Å². The summed E-state index contributed by atoms with van der Waals surface area (Å²) >= 11 is 0. The normalized spacial score (nSPS) is 19.0. The van der Waals surface area contributed by atoms with Gasteiger partial charge in [-0.3, -0.25) is 0 Å². The van der Waals surface area contributed by atoms with Crippen LogP contribution in [0.4, 0.5) is 17.6 Å². The van der Waals surface area contributed by atoms with Gasteiger partial charge in [-0.25, -0.2) is 4.39 Å². The second-order valence-electron chi connectivity index (χ2n) is 9.30. The average Bonchev–Trinajstić information content (AvgIpc) is 2.79. The van der Waals surface area contributed by atoms with Gasteiger partial charge in [0.2, 0.25) is 0 Å². The minimum absolute atomic E-state index is 0.0334. The zero-order valence-corrected chi connectivity index (χ0v) is 19.8. The topological polar surface area (TPSA) is 9.23 Å². The van der Waals surface area contributed by atoms with Crippen LogP contribution in [0.1, 0.15) is 93.4 Å². The first-order chi connectivity index (χ1) is 15.8. The van der Waals surface area contributed by atoms with E-state index in [2.05, 4.69) is 19.1 Å². The number of alkyl halides is 3. The summed E-state index contributed by atoms with van der Waals surface area (Å²) in [7, 11) is 0. The lowest BCUT2D eigenvalue weighted by molar-refractivity contribution is -0.140. The molecule has 0 aliphatic heterocycles. The summed E-state index contributed by atoms with van der Waals surface area (Å²) in [6.07, 6.45) is 6.11. The van der Waals surface area contributed by atoms with Crippen LogP contribution in [0.25, 0.3) is 0 Å². The summed E-state index contributed by atoms with van der Waals surface area (Å²) < 4.78 is 60.1. The van der Waals surface area contributed by atoms with E-state index in [1.54, 1.807) is 6.92 Å². The van der Waals surface area contributed by atoms with Gasteiger partial charge < -0.3 is 4.74 Å². The average molecular weight is 465 g/mol. The molecule has 1 nitrogen and oxygen atoms in total. The highest BCUT2D eigenvalue weighted by Crippen LogP contribution is 2.39. The molecule has 1 aliphatic rings. The number of unbranched alkanes of at least 4 members (excludes halogenated alkanes) is 2. The van der Waals surface area contributed by atoms with Crippen LogP contribution in [0, 0.1) is 11.7 Å². The smallest absolute Gasteiger partial charge is 0.419 e. The van der Waals surface area contributed by atoms with Gasteiger partial charge in [0.25, 0.3) is 0 Å². The Morgan fingerprint density at radius 3 is 2.18 bits per heavy atom. The van der Waals surface area contributed by atoms with E-state index < -0.39 is 17.6 Å². The quantitative estimate of drug-likeness (QED) is 0.252. The minimum atomic E-state index is -4.76. The predicted molar refractivity (Wildman–Crippen MR) is 125 cm³/mol. The molecule has 0 saturated heterocycles. The first kappa shape index (κ1) is 25.6. The molecule has 1 fully saturated rings. The Bertz CT molecular complexity index is 865. The molecule has 1 aliphatic carbocycles. The number of ether oxygens (including phenoxy) is 1. The third kappa shape index (κ3) is 6.97. The highest BCUT2D eigenvalue weighted by atomic mass is 19.4. The van der Waals surface area contributed by atoms with Gasteiger partial charge in [0.15, 0.2) is 11.6 Å². The van der Waals surface area contributed by atoms with Crippen LogP contribution in [0.2, 0.25) is 0 Å². The van der Waals surface area contributed by atoms with Crippen LogP contribution in [-0.4, -0.2) is 6.61 Å². The van der Waals surface area contributed by atoms with Gasteiger partial charge in [0.1, 0.15) is 0 Å². The van der Waals surface area contributed by atoms with Crippen molar-refractivity contribution in [2.45, 2.75) is 90.1 Å². The van der Waals surface area contributed by atoms with E-state index in [4.69, 9.17) is 4.74 Å². The Labute approximate surface area is 195 Å². The third-order valence-electron chi connectivity index (χ3n) is 6.97. The lowest BCUT2D eigenvalue weighted by Gasteiger charge is -2.29. The lowest BCUT2D eigenvalue weighted by Crippen LogP contribution is -2.14. The fourth-order valence-corrected chi connectivity index (χ4v) is 5.08. The van der Waals surface area contributed by atoms with Gasteiger partial charge >= 0.3 is 6.18 Å². The van der Waals surface area contributed by atoms with E-state index in [9.17, 15) is 17.6 Å². The summed E-state index contributed by atoms with van der Waals surface area (Å²) in [5.74, 6) is -0.219. The van der Waals surface area contributed by atoms with E-state index in [1.807, 2.05) is 12.1 Å². The number of halogens is 4. The maximum Gasteiger partial charge on any atom is 0.419 e. The van der Waals surface area contributed by atoms with Gasteiger partial charge in [-0.2, -0.15) is 13.2 Å². The van der Waals surface area contributed by atoms with Crippen molar-refractivity contribution < 1.29 is 22.3 Å². The fraction of sp³-hybridized carbons (Fsp3) is 0.571. The lowest BCUT2D eigenvalue weighted by atomic mass is 9.77. The van der Waals surface area contributed by atoms with Crippen molar-refractivity contribution in [2.24, 2.45) is 5.92 Å². The van der Waals surface area contributed by atoms with E-state index in [0.29, 0.717) is 12.3 Å². The molecular formula is C28H36F4O. The number of hydrogen-bond donors (Lipinski definition) is 0. The van der Waals surface area contributed by atoms with Crippen molar-refractivity contribution in [3.8, 4) is 5.75 Å². The SMILES string of the molecule is CCCCCC1CCC(c2ccc(CCc3ccc(OCC)c(F)c3C(F)(F)F)cc2)CC1. The van der Waals surface area contributed by atoms with Gasteiger partial charge in [-0.1, -0.05) is 62.9 Å². The maximum absolute atomic E-state index is 14.5. The monoisotopic (exact) mass is 464 g/mol. The molecule has 0 spiro atoms. The maximum atomic E-state index is 14.5. The molecule has 2 aromatic rings. The van der Waals surface area contributed by atoms with Gasteiger partial charge in [-0.15, -0.1) is 0 Å². The molecule has 0 unspecified atom stereocenters. The number of benzene rings is 2. The summed E-state index contributed by atoms with van der Waals surface area (Å²) in [5, 5.41) is 0. The minimum Gasteiger partial charge on any atom is -0.491 e. The molecule has 1 saturated carbocycles. The first-order valence-corrected chi connectivity index (χ1v) is 12.4. The predicted octanol–water partition coefficient (Wildman–Crippen LogP) is 8.88. The Hall–Kier alpha value is -2.04. The molecule has 0 amide bonds. The standard InChI is InChI=1S/C28H36F4O/c1-3-5-6-7-20-8-13-22(14-9-20)23-15-10-21(11-16-23)12-17-24-18-19-25(33-4-2)27(29)26(24)28(30,31)32/h10-11,15-16,18-20,22H,3-9,12-14,17H2,1-2H3. The van der Waals surface area contributed by atoms with Gasteiger partial charge in [0, 0.05) is 0 Å². The highest BCUT2D eigenvalue weighted by molar-refractivity contribution is 5.40. The van der Waals surface area contributed by atoms with E-state index >= 15 is 0 Å². The van der Waals surface area contributed by atoms with Crippen LogP contribution in [0.3, 0.4) is 0 Å². The van der Waals surface area contributed by atoms with Crippen molar-refractivity contribution >= 4 is 0 Å². The molecule has 0 aromatic heterocycles. The zero-order chi connectivity index (χ0) is 23.8. The molecule has 5 heteroatoms. The second kappa shape index (κ2) is 11.9. The van der Waals surface area contributed by atoms with Crippen LogP contribution < -0.4 is 4.74 Å². The highest BCUT2D eigenvalue weighted by Gasteiger charge is 2.38. The van der Waals surface area contributed by atoms with E-state index in [0.717, 1.165) is 11.5 Å². The molecular weight excluding hydrogens is 428 g/mol. The number of aryl methyl sites for hydroxylation is 2. The molecule has 0 heterocycles. The molecule has 182 valence electrons. The molecule has 3 rings (SSSR count). The Balaban J connectivity index is 1.60. The number of hydrogen-bond acceptors (Lipinski definition) is 1. The summed E-state index contributed by atoms with van der Waals surface area (Å²) in [6.45, 7) is 3.97. The summed E-state index contributed by atoms with van der Waals surface area (Å²) in [4.78, 5) is 0. The van der Waals surface area contributed by atoms with Crippen molar-refractivity contribution in [1.29, 1.82) is 0 Å². The van der Waals surface area contributed by atoms with Crippen molar-refractivity contribution in [1.82, 2.24) is 0 Å². The van der Waals surface area contributed by atoms with Crippen LogP contribution >= 0.6 is 0 Å². The summed E-state index contributed by atoms with van der Waals surface area (Å²) in [6, 6.07) is 10.9. The molecule has 0 bridgehead atoms. The Morgan fingerprint density at radius 2 is 1.58 bits per heavy atom. The van der Waals surface area contributed by atoms with Gasteiger partial charge in [-0.05, 0) is 80.0 Å². The molecule has 33 heavy (non-hydrogen) atoms. The second-order valence-corrected chi connectivity index (χ2v) is 9.30. The first-order valence-electron chi connectivity index (χ1n) is 12.4. The van der Waals surface area contributed by atoms with Crippen molar-refractivity contribution in [3.63, 3.8) is 0 Å². The van der Waals surface area contributed by atoms with Gasteiger partial charge in [0.05, 0.1) is 12.2 Å². The van der Waals surface area contributed by atoms with Crippen LogP contribution in [0.15, 0.2) is 36.4 Å². The van der Waals surface area contributed by atoms with Crippen LogP contribution in [-0.2, 0) is 19.0 Å². The largest absolute Gasteiger partial charge is 0.491 e. The molecule has 0 N–H and O–H groups in total. The Kier molecular flexibility index (Phi) is 9.22. The third-order valence-corrected chi connectivity index (χ3v) is 6.97. The molecule has 2 aromatic carbocycles. The fourth-order valence-electron chi connectivity index (χ4n) is 5.08. The van der Waals surface area contributed by atoms with Crippen molar-refractivity contribution in [2.75, 3.05) is 6.61 Å². The Morgan fingerprint density at radius 1 is 0.879 bits per heavy atom. The zero-order valence-electron chi connectivity index (χ0n) is 19.8. The van der Waals surface area contributed by atoms with E-state index in [-0.39, 0.29) is 24.3 Å². The molecule has 0 atom stereocenters. The van der Waals surface area contributed by atoms with E-state index in [1.165, 1.54) is 69.1 Å². The van der Waals surface area contributed by atoms with Crippen molar-refractivity contribution in [3.05, 3.63) is 64.5 Å².